The molecule has 1 aliphatic rings. The molecule has 1 aliphatic heterocycles. The minimum absolute atomic E-state index is 0.500. The van der Waals surface area contributed by atoms with E-state index in [0.29, 0.717) is 0 Å². The van der Waals surface area contributed by atoms with Crippen molar-refractivity contribution in [3.63, 3.8) is 0 Å². The van der Waals surface area contributed by atoms with Crippen LogP contribution in [-0.4, -0.2) is 33.9 Å². The van der Waals surface area contributed by atoms with E-state index in [9.17, 15) is 0 Å². The third-order valence-corrected chi connectivity index (χ3v) is 6.35. The lowest BCUT2D eigenvalue weighted by Gasteiger charge is -2.31. The van der Waals surface area contributed by atoms with Crippen molar-refractivity contribution in [3.8, 4) is 0 Å². The van der Waals surface area contributed by atoms with E-state index in [1.54, 1.807) is 23.5 Å². The maximum Gasteiger partial charge on any atom is 0.467 e. The van der Waals surface area contributed by atoms with Crippen molar-refractivity contribution in [3.05, 3.63) is 78.4 Å². The largest absolute Gasteiger partial charge is 0.467 e. The maximum absolute atomic E-state index is 6.22. The lowest BCUT2D eigenvalue weighted by molar-refractivity contribution is 0.308. The van der Waals surface area contributed by atoms with Gasteiger partial charge >= 0.3 is 21.4 Å². The normalized spacial score (nSPS) is 14.4. The molecule has 0 N–H and O–H groups in total. The Labute approximate surface area is 182 Å². The highest BCUT2D eigenvalue weighted by Crippen LogP contribution is 2.16. The summed E-state index contributed by atoms with van der Waals surface area (Å²) in [6, 6.07) is 24.8. The van der Waals surface area contributed by atoms with E-state index in [-0.39, 0.29) is 0 Å². The van der Waals surface area contributed by atoms with Crippen molar-refractivity contribution in [2.45, 2.75) is 16.7 Å². The van der Waals surface area contributed by atoms with E-state index in [1.807, 2.05) is 12.1 Å². The van der Waals surface area contributed by atoms with Gasteiger partial charge < -0.3 is 13.7 Å². The van der Waals surface area contributed by atoms with Gasteiger partial charge in [-0.15, -0.1) is 23.5 Å². The van der Waals surface area contributed by atoms with Gasteiger partial charge in [-0.05, 0) is 60.1 Å². The molecule has 0 unspecified atom stereocenters. The number of aryl methyl sites for hydroxylation is 1. The molecule has 3 nitrogen and oxygen atoms in total. The van der Waals surface area contributed by atoms with Crippen LogP contribution < -0.4 is 16.4 Å². The third-order valence-electron chi connectivity index (χ3n) is 4.87. The van der Waals surface area contributed by atoms with Crippen LogP contribution in [0, 0.1) is 6.92 Å². The lowest BCUT2D eigenvalue weighted by atomic mass is 9.61. The second kappa shape index (κ2) is 9.50. The third kappa shape index (κ3) is 4.96. The summed E-state index contributed by atoms with van der Waals surface area (Å²) in [7, 11) is -1.51. The maximum atomic E-state index is 6.22. The topological polar surface area (TPSA) is 27.7 Å². The minimum atomic E-state index is -0.504. The van der Waals surface area contributed by atoms with E-state index in [2.05, 4.69) is 80.1 Å². The Morgan fingerprint density at radius 3 is 1.14 bits per heavy atom. The average molecular weight is 418 g/mol. The highest BCUT2D eigenvalue weighted by molar-refractivity contribution is 7.98. The second-order valence-electron chi connectivity index (χ2n) is 6.86. The summed E-state index contributed by atoms with van der Waals surface area (Å²) in [5.74, 6) is 0. The quantitative estimate of drug-likeness (QED) is 0.470. The Bertz CT molecular complexity index is 881. The van der Waals surface area contributed by atoms with Crippen LogP contribution >= 0.6 is 23.5 Å². The first-order valence-corrected chi connectivity index (χ1v) is 11.9. The van der Waals surface area contributed by atoms with Gasteiger partial charge in [0.2, 0.25) is 0 Å². The minimum Gasteiger partial charge on any atom is -0.445 e. The van der Waals surface area contributed by atoms with Gasteiger partial charge in [-0.25, -0.2) is 0 Å². The molecule has 144 valence electrons. The molecule has 0 spiro atoms. The molecule has 4 rings (SSSR count). The van der Waals surface area contributed by atoms with Crippen molar-refractivity contribution in [1.82, 2.24) is 0 Å². The molecule has 3 aromatic carbocycles. The fourth-order valence-corrected chi connectivity index (χ4v) is 3.97. The van der Waals surface area contributed by atoms with Crippen LogP contribution in [0.3, 0.4) is 0 Å². The molecular formula is C21H21B3O3S2. The van der Waals surface area contributed by atoms with Crippen LogP contribution in [0.15, 0.2) is 82.6 Å². The molecule has 0 aromatic heterocycles. The molecule has 0 amide bonds. The molecule has 8 heteroatoms. The van der Waals surface area contributed by atoms with Gasteiger partial charge in [0.25, 0.3) is 0 Å². The molecule has 29 heavy (non-hydrogen) atoms. The molecule has 0 bridgehead atoms. The number of thioether (sulfide) groups is 2. The Balaban J connectivity index is 1.64. The summed E-state index contributed by atoms with van der Waals surface area (Å²) in [5.41, 5.74) is 4.15. The summed E-state index contributed by atoms with van der Waals surface area (Å²) in [4.78, 5) is 2.42. The predicted molar refractivity (Wildman–Crippen MR) is 127 cm³/mol. The van der Waals surface area contributed by atoms with Gasteiger partial charge in [0.1, 0.15) is 0 Å². The molecular weight excluding hydrogens is 397 g/mol. The zero-order chi connectivity index (χ0) is 20.2. The summed E-state index contributed by atoms with van der Waals surface area (Å²) in [5, 5.41) is 0. The summed E-state index contributed by atoms with van der Waals surface area (Å²) >= 11 is 3.43. The van der Waals surface area contributed by atoms with E-state index in [4.69, 9.17) is 13.7 Å². The van der Waals surface area contributed by atoms with E-state index >= 15 is 0 Å². The summed E-state index contributed by atoms with van der Waals surface area (Å²) < 4.78 is 18.6. The van der Waals surface area contributed by atoms with Crippen LogP contribution in [0.4, 0.5) is 0 Å². The van der Waals surface area contributed by atoms with Crippen LogP contribution in [0.5, 0.6) is 0 Å². The molecule has 0 radical (unpaired) electrons. The van der Waals surface area contributed by atoms with Crippen molar-refractivity contribution < 1.29 is 13.7 Å². The number of benzene rings is 3. The number of hydrogen-bond acceptors (Lipinski definition) is 5. The van der Waals surface area contributed by atoms with Gasteiger partial charge in [-0.2, -0.15) is 0 Å². The molecule has 1 fully saturated rings. The highest BCUT2D eigenvalue weighted by Gasteiger charge is 2.43. The van der Waals surface area contributed by atoms with Gasteiger partial charge in [0.15, 0.2) is 0 Å². The molecule has 1 heterocycles. The highest BCUT2D eigenvalue weighted by atomic mass is 32.2. The zero-order valence-corrected chi connectivity index (χ0v) is 18.3. The first-order valence-electron chi connectivity index (χ1n) is 9.47. The van der Waals surface area contributed by atoms with Crippen molar-refractivity contribution in [2.75, 3.05) is 12.5 Å². The fourth-order valence-electron chi connectivity index (χ4n) is 3.15. The van der Waals surface area contributed by atoms with Gasteiger partial charge in [0, 0.05) is 9.79 Å². The molecule has 0 aliphatic carbocycles. The summed E-state index contributed by atoms with van der Waals surface area (Å²) in [6.45, 7) is 2.07. The standard InChI is InChI=1S/C21H21B3O3S2/c1-16-4-6-17(7-5-16)22-25-23(18-8-12-20(28-2)13-9-18)27-24(26-22)19-10-14-21(29-3)15-11-19/h4-15H,1-3H3. The zero-order valence-electron chi connectivity index (χ0n) is 16.7. The summed E-state index contributed by atoms with van der Waals surface area (Å²) in [6.07, 6.45) is 4.14. The molecule has 3 aromatic rings. The van der Waals surface area contributed by atoms with E-state index in [0.717, 1.165) is 16.4 Å². The predicted octanol–water partition coefficient (Wildman–Crippen LogP) is 2.99. The first kappa shape index (κ1) is 20.7. The molecule has 0 atom stereocenters. The van der Waals surface area contributed by atoms with Crippen LogP contribution in [0.1, 0.15) is 5.56 Å². The van der Waals surface area contributed by atoms with E-state index < -0.39 is 21.4 Å². The van der Waals surface area contributed by atoms with E-state index in [1.165, 1.54) is 15.4 Å². The Morgan fingerprint density at radius 1 is 0.517 bits per heavy atom. The van der Waals surface area contributed by atoms with Crippen LogP contribution in [-0.2, 0) is 13.7 Å². The monoisotopic (exact) mass is 418 g/mol. The Hall–Kier alpha value is -1.57. The smallest absolute Gasteiger partial charge is 0.445 e. The molecule has 0 saturated carbocycles. The Morgan fingerprint density at radius 2 is 0.828 bits per heavy atom. The lowest BCUT2D eigenvalue weighted by Crippen LogP contribution is -2.61. The number of hydrogen-bond donors (Lipinski definition) is 0. The van der Waals surface area contributed by atoms with Crippen molar-refractivity contribution in [1.29, 1.82) is 0 Å². The van der Waals surface area contributed by atoms with Gasteiger partial charge in [0.05, 0.1) is 0 Å². The van der Waals surface area contributed by atoms with Crippen LogP contribution in [0.2, 0.25) is 0 Å². The van der Waals surface area contributed by atoms with Gasteiger partial charge in [-0.1, -0.05) is 54.1 Å². The SMILES string of the molecule is CSc1ccc(B2OB(c3ccc(C)cc3)OB(c3ccc(SC)cc3)O2)cc1. The van der Waals surface area contributed by atoms with Crippen molar-refractivity contribution >= 4 is 61.3 Å². The van der Waals surface area contributed by atoms with Crippen LogP contribution in [0.25, 0.3) is 0 Å². The van der Waals surface area contributed by atoms with Crippen molar-refractivity contribution in [2.24, 2.45) is 0 Å². The first-order chi connectivity index (χ1) is 14.2. The van der Waals surface area contributed by atoms with Gasteiger partial charge in [-0.3, -0.25) is 0 Å². The molecule has 1 saturated heterocycles. The fraction of sp³-hybridized carbons (Fsp3) is 0.143. The number of rotatable bonds is 5. The second-order valence-corrected chi connectivity index (χ2v) is 8.62. The average Bonchev–Trinajstić information content (AvgIpc) is 2.79. The Kier molecular flexibility index (Phi) is 6.78.